The minimum absolute atomic E-state index is 0.0526. The summed E-state index contributed by atoms with van der Waals surface area (Å²) in [5.41, 5.74) is 6.07. The number of carbonyl (C=O) groups is 1. The first kappa shape index (κ1) is 14.8. The summed E-state index contributed by atoms with van der Waals surface area (Å²) in [6, 6.07) is 0. The van der Waals surface area contributed by atoms with Crippen molar-refractivity contribution in [2.75, 3.05) is 13.1 Å². The van der Waals surface area contributed by atoms with Crippen LogP contribution in [0.4, 0.5) is 0 Å². The number of rotatable bonds is 2. The molecule has 1 saturated carbocycles. The molecule has 110 valence electrons. The summed E-state index contributed by atoms with van der Waals surface area (Å²) in [6.07, 6.45) is 6.63. The van der Waals surface area contributed by atoms with E-state index >= 15 is 0 Å². The van der Waals surface area contributed by atoms with Gasteiger partial charge in [0.1, 0.15) is 0 Å². The minimum Gasteiger partial charge on any atom is -0.342 e. The summed E-state index contributed by atoms with van der Waals surface area (Å²) in [5, 5.41) is 0. The predicted octanol–water partition coefficient (Wildman–Crippen LogP) is 2.79. The minimum atomic E-state index is -0.287. The van der Waals surface area contributed by atoms with E-state index in [4.69, 9.17) is 5.73 Å². The summed E-state index contributed by atoms with van der Waals surface area (Å²) in [6.45, 7) is 8.53. The van der Waals surface area contributed by atoms with Gasteiger partial charge in [0.25, 0.3) is 0 Å². The lowest BCUT2D eigenvalue weighted by Gasteiger charge is -2.42. The first-order chi connectivity index (χ1) is 8.92. The molecule has 1 heterocycles. The highest BCUT2D eigenvalue weighted by Gasteiger charge is 2.40. The number of likely N-dealkylation sites (tertiary alicyclic amines) is 1. The fourth-order valence-electron chi connectivity index (χ4n) is 3.77. The van der Waals surface area contributed by atoms with Crippen LogP contribution in [0.3, 0.4) is 0 Å². The lowest BCUT2D eigenvalue weighted by molar-refractivity contribution is -0.140. The van der Waals surface area contributed by atoms with Gasteiger partial charge in [-0.1, -0.05) is 26.7 Å². The molecule has 0 aromatic carbocycles. The van der Waals surface area contributed by atoms with Gasteiger partial charge in [-0.3, -0.25) is 4.79 Å². The van der Waals surface area contributed by atoms with Crippen molar-refractivity contribution in [3.63, 3.8) is 0 Å². The first-order valence-electron chi connectivity index (χ1n) is 7.99. The quantitative estimate of drug-likeness (QED) is 0.835. The van der Waals surface area contributed by atoms with Gasteiger partial charge in [-0.2, -0.15) is 0 Å². The van der Waals surface area contributed by atoms with Crippen LogP contribution >= 0.6 is 0 Å². The molecule has 2 aliphatic rings. The van der Waals surface area contributed by atoms with Crippen LogP contribution in [-0.2, 0) is 4.79 Å². The van der Waals surface area contributed by atoms with Crippen molar-refractivity contribution in [3.05, 3.63) is 0 Å². The third kappa shape index (κ3) is 3.31. The molecule has 19 heavy (non-hydrogen) atoms. The van der Waals surface area contributed by atoms with Crippen molar-refractivity contribution in [2.24, 2.45) is 23.5 Å². The number of amides is 1. The highest BCUT2D eigenvalue weighted by Crippen LogP contribution is 2.34. The van der Waals surface area contributed by atoms with Gasteiger partial charge in [0, 0.05) is 18.6 Å². The normalized spacial score (nSPS) is 33.7. The van der Waals surface area contributed by atoms with Crippen LogP contribution < -0.4 is 5.73 Å². The molecule has 1 aliphatic carbocycles. The third-order valence-electron chi connectivity index (χ3n) is 5.35. The highest BCUT2D eigenvalue weighted by molar-refractivity contribution is 5.80. The van der Waals surface area contributed by atoms with Crippen LogP contribution in [0.2, 0.25) is 0 Å². The average Bonchev–Trinajstić information content (AvgIpc) is 2.37. The van der Waals surface area contributed by atoms with Crippen molar-refractivity contribution >= 4 is 5.91 Å². The fourth-order valence-corrected chi connectivity index (χ4v) is 3.77. The van der Waals surface area contributed by atoms with Crippen LogP contribution in [0.25, 0.3) is 0 Å². The van der Waals surface area contributed by atoms with Crippen LogP contribution in [0.5, 0.6) is 0 Å². The molecule has 3 nitrogen and oxygen atoms in total. The number of hydrogen-bond donors (Lipinski definition) is 1. The Hall–Kier alpha value is -0.570. The molecule has 1 saturated heterocycles. The molecule has 0 radical (unpaired) electrons. The van der Waals surface area contributed by atoms with E-state index in [-0.39, 0.29) is 11.5 Å². The summed E-state index contributed by atoms with van der Waals surface area (Å²) in [4.78, 5) is 14.8. The zero-order valence-corrected chi connectivity index (χ0v) is 12.8. The fraction of sp³-hybridized carbons (Fsp3) is 0.938. The van der Waals surface area contributed by atoms with E-state index in [0.717, 1.165) is 57.0 Å². The molecule has 2 unspecified atom stereocenters. The second-order valence-electron chi connectivity index (χ2n) is 7.21. The summed E-state index contributed by atoms with van der Waals surface area (Å²) < 4.78 is 0. The third-order valence-corrected chi connectivity index (χ3v) is 5.35. The molecular weight excluding hydrogens is 236 g/mol. The average molecular weight is 266 g/mol. The van der Waals surface area contributed by atoms with Gasteiger partial charge < -0.3 is 10.6 Å². The maximum absolute atomic E-state index is 12.7. The first-order valence-corrected chi connectivity index (χ1v) is 7.99. The smallest absolute Gasteiger partial charge is 0.227 e. The standard InChI is InChI=1S/C16H30N2O/c1-12(2)13-7-10-18(11-8-13)15(19)14-6-4-5-9-16(14,3)17/h12-14H,4-11,17H2,1-3H3. The Kier molecular flexibility index (Phi) is 4.54. The maximum Gasteiger partial charge on any atom is 0.227 e. The van der Waals surface area contributed by atoms with Crippen molar-refractivity contribution in [1.82, 2.24) is 4.90 Å². The van der Waals surface area contributed by atoms with Crippen molar-refractivity contribution in [1.29, 1.82) is 0 Å². The highest BCUT2D eigenvalue weighted by atomic mass is 16.2. The molecule has 0 aromatic heterocycles. The molecule has 2 N–H and O–H groups in total. The van der Waals surface area contributed by atoms with Crippen molar-refractivity contribution < 1.29 is 4.79 Å². The Balaban J connectivity index is 1.93. The number of hydrogen-bond acceptors (Lipinski definition) is 2. The largest absolute Gasteiger partial charge is 0.342 e. The van der Waals surface area contributed by atoms with Gasteiger partial charge in [0.15, 0.2) is 0 Å². The van der Waals surface area contributed by atoms with E-state index in [9.17, 15) is 4.79 Å². The molecule has 0 aromatic rings. The Morgan fingerprint density at radius 3 is 2.37 bits per heavy atom. The van der Waals surface area contributed by atoms with E-state index in [2.05, 4.69) is 25.7 Å². The molecule has 2 atom stereocenters. The van der Waals surface area contributed by atoms with Crippen LogP contribution in [-0.4, -0.2) is 29.4 Å². The molecule has 1 amide bonds. The van der Waals surface area contributed by atoms with Gasteiger partial charge in [-0.05, 0) is 44.4 Å². The van der Waals surface area contributed by atoms with Gasteiger partial charge in [0.05, 0.1) is 5.92 Å². The topological polar surface area (TPSA) is 46.3 Å². The molecule has 3 heteroatoms. The molecule has 1 aliphatic heterocycles. The molecule has 2 fully saturated rings. The van der Waals surface area contributed by atoms with E-state index in [1.54, 1.807) is 0 Å². The second-order valence-corrected chi connectivity index (χ2v) is 7.21. The van der Waals surface area contributed by atoms with Crippen molar-refractivity contribution in [2.45, 2.75) is 64.8 Å². The second kappa shape index (κ2) is 5.82. The predicted molar refractivity (Wildman–Crippen MR) is 78.7 cm³/mol. The number of piperidine rings is 1. The SMILES string of the molecule is CC(C)C1CCN(C(=O)C2CCCCC2(C)N)CC1. The van der Waals surface area contributed by atoms with Gasteiger partial charge >= 0.3 is 0 Å². The van der Waals surface area contributed by atoms with Crippen LogP contribution in [0.15, 0.2) is 0 Å². The van der Waals surface area contributed by atoms with Crippen LogP contribution in [0.1, 0.15) is 59.3 Å². The molecule has 0 spiro atoms. The number of nitrogens with two attached hydrogens (primary N) is 1. The van der Waals surface area contributed by atoms with Crippen LogP contribution in [0, 0.1) is 17.8 Å². The van der Waals surface area contributed by atoms with E-state index in [0.29, 0.717) is 5.91 Å². The summed E-state index contributed by atoms with van der Waals surface area (Å²) in [5.74, 6) is 1.91. The zero-order chi connectivity index (χ0) is 14.0. The van der Waals surface area contributed by atoms with Gasteiger partial charge in [-0.15, -0.1) is 0 Å². The lowest BCUT2D eigenvalue weighted by Crippen LogP contribution is -2.55. The van der Waals surface area contributed by atoms with Gasteiger partial charge in [0.2, 0.25) is 5.91 Å². The monoisotopic (exact) mass is 266 g/mol. The van der Waals surface area contributed by atoms with Crippen molar-refractivity contribution in [3.8, 4) is 0 Å². The molecule has 2 rings (SSSR count). The lowest BCUT2D eigenvalue weighted by atomic mass is 9.73. The van der Waals surface area contributed by atoms with E-state index < -0.39 is 0 Å². The Labute approximate surface area is 117 Å². The van der Waals surface area contributed by atoms with E-state index in [1.165, 1.54) is 6.42 Å². The Morgan fingerprint density at radius 1 is 1.21 bits per heavy atom. The summed E-state index contributed by atoms with van der Waals surface area (Å²) >= 11 is 0. The molecule has 0 bridgehead atoms. The number of carbonyl (C=O) groups excluding carboxylic acids is 1. The maximum atomic E-state index is 12.7. The zero-order valence-electron chi connectivity index (χ0n) is 12.8. The Morgan fingerprint density at radius 2 is 1.84 bits per heavy atom. The van der Waals surface area contributed by atoms with E-state index in [1.807, 2.05) is 0 Å². The number of nitrogens with zero attached hydrogens (tertiary/aromatic N) is 1. The van der Waals surface area contributed by atoms with Gasteiger partial charge in [-0.25, -0.2) is 0 Å². The molecular formula is C16H30N2O. The summed E-state index contributed by atoms with van der Waals surface area (Å²) in [7, 11) is 0. The Bertz CT molecular complexity index is 317.